The second-order valence-electron chi connectivity index (χ2n) is 4.85. The molecule has 130 valence electrons. The molecule has 0 aliphatic rings. The minimum atomic E-state index is -4.33. The summed E-state index contributed by atoms with van der Waals surface area (Å²) >= 11 is 8.86. The number of anilines is 3. The van der Waals surface area contributed by atoms with Crippen molar-refractivity contribution in [2.24, 2.45) is 0 Å². The highest BCUT2D eigenvalue weighted by Gasteiger charge is 2.26. The molecule has 1 aromatic heterocycles. The molecule has 0 spiro atoms. The Labute approximate surface area is 155 Å². The van der Waals surface area contributed by atoms with Crippen LogP contribution >= 0.6 is 27.5 Å². The van der Waals surface area contributed by atoms with E-state index in [1.54, 1.807) is 24.3 Å². The molecule has 7 nitrogen and oxygen atoms in total. The van der Waals surface area contributed by atoms with Crippen molar-refractivity contribution >= 4 is 55.1 Å². The van der Waals surface area contributed by atoms with Gasteiger partial charge in [-0.1, -0.05) is 27.5 Å². The first-order valence-corrected chi connectivity index (χ1v) is 9.34. The fourth-order valence-corrected chi connectivity index (χ4v) is 3.64. The Bertz CT molecular complexity index is 1040. The van der Waals surface area contributed by atoms with Gasteiger partial charge in [-0.2, -0.15) is 13.4 Å². The van der Waals surface area contributed by atoms with Gasteiger partial charge in [-0.15, -0.1) is 9.19 Å². The highest BCUT2D eigenvalue weighted by Crippen LogP contribution is 2.24. The van der Waals surface area contributed by atoms with Crippen LogP contribution in [0.4, 0.5) is 22.0 Å². The third kappa shape index (κ3) is 3.60. The highest BCUT2D eigenvalue weighted by atomic mass is 79.9. The third-order valence-electron chi connectivity index (χ3n) is 3.10. The van der Waals surface area contributed by atoms with Crippen molar-refractivity contribution in [1.82, 2.24) is 14.2 Å². The van der Waals surface area contributed by atoms with E-state index in [-0.39, 0.29) is 5.95 Å². The number of benzene rings is 2. The number of nitrogen functional groups attached to an aromatic ring is 1. The molecule has 11 heteroatoms. The van der Waals surface area contributed by atoms with Crippen molar-refractivity contribution in [3.63, 3.8) is 0 Å². The molecule has 25 heavy (non-hydrogen) atoms. The summed E-state index contributed by atoms with van der Waals surface area (Å²) in [5, 5.41) is 7.14. The van der Waals surface area contributed by atoms with Crippen molar-refractivity contribution in [3.05, 3.63) is 57.8 Å². The predicted octanol–water partition coefficient (Wildman–Crippen LogP) is 3.40. The fourth-order valence-electron chi connectivity index (χ4n) is 1.98. The SMILES string of the molecule is Nc1nc(Nc2ccc(Cl)cc2)nn1S(=O)(=O)c1ccc(Br)cc1F. The van der Waals surface area contributed by atoms with Crippen LogP contribution in [0.5, 0.6) is 0 Å². The zero-order valence-corrected chi connectivity index (χ0v) is 15.5. The first-order chi connectivity index (χ1) is 11.8. The molecular weight excluding hydrogens is 437 g/mol. The minimum absolute atomic E-state index is 0.0547. The van der Waals surface area contributed by atoms with Crippen LogP contribution in [-0.4, -0.2) is 22.6 Å². The minimum Gasteiger partial charge on any atom is -0.367 e. The van der Waals surface area contributed by atoms with Gasteiger partial charge in [0.1, 0.15) is 10.7 Å². The van der Waals surface area contributed by atoms with Gasteiger partial charge in [-0.3, -0.25) is 0 Å². The molecule has 0 atom stereocenters. The van der Waals surface area contributed by atoms with E-state index in [4.69, 9.17) is 17.3 Å². The molecule has 3 rings (SSSR count). The molecular formula is C14H10BrClFN5O2S. The van der Waals surface area contributed by atoms with Crippen LogP contribution < -0.4 is 11.1 Å². The van der Waals surface area contributed by atoms with Crippen LogP contribution in [0.25, 0.3) is 0 Å². The lowest BCUT2D eigenvalue weighted by Crippen LogP contribution is -2.18. The smallest absolute Gasteiger partial charge is 0.289 e. The Morgan fingerprint density at radius 2 is 1.88 bits per heavy atom. The number of hydrogen-bond donors (Lipinski definition) is 2. The summed E-state index contributed by atoms with van der Waals surface area (Å²) in [4.78, 5) is 3.28. The van der Waals surface area contributed by atoms with Crippen molar-refractivity contribution < 1.29 is 12.8 Å². The van der Waals surface area contributed by atoms with Crippen LogP contribution in [0.2, 0.25) is 5.02 Å². The maximum Gasteiger partial charge on any atom is 0.289 e. The number of aromatic nitrogens is 3. The summed E-state index contributed by atoms with van der Waals surface area (Å²) < 4.78 is 40.0. The number of nitrogens with one attached hydrogen (secondary N) is 1. The average molecular weight is 447 g/mol. The van der Waals surface area contributed by atoms with Crippen LogP contribution in [0.3, 0.4) is 0 Å². The van der Waals surface area contributed by atoms with Gasteiger partial charge in [0.05, 0.1) is 0 Å². The molecule has 1 heterocycles. The lowest BCUT2D eigenvalue weighted by atomic mass is 10.3. The van der Waals surface area contributed by atoms with Crippen molar-refractivity contribution in [1.29, 1.82) is 0 Å². The first kappa shape index (κ1) is 17.6. The van der Waals surface area contributed by atoms with Crippen molar-refractivity contribution in [2.75, 3.05) is 11.1 Å². The fraction of sp³-hybridized carbons (Fsp3) is 0. The zero-order chi connectivity index (χ0) is 18.2. The van der Waals surface area contributed by atoms with Gasteiger partial charge in [-0.25, -0.2) is 4.39 Å². The second kappa shape index (κ2) is 6.62. The second-order valence-corrected chi connectivity index (χ2v) is 7.94. The normalized spacial score (nSPS) is 11.5. The number of nitrogens with zero attached hydrogens (tertiary/aromatic N) is 3. The van der Waals surface area contributed by atoms with Crippen LogP contribution in [0.1, 0.15) is 0 Å². The summed E-state index contributed by atoms with van der Waals surface area (Å²) in [6.07, 6.45) is 0. The molecule has 2 aromatic carbocycles. The van der Waals surface area contributed by atoms with E-state index in [0.717, 1.165) is 12.1 Å². The number of hydrogen-bond acceptors (Lipinski definition) is 6. The molecule has 0 saturated carbocycles. The van der Waals surface area contributed by atoms with E-state index in [9.17, 15) is 12.8 Å². The largest absolute Gasteiger partial charge is 0.367 e. The Kier molecular flexibility index (Phi) is 4.67. The van der Waals surface area contributed by atoms with Gasteiger partial charge >= 0.3 is 0 Å². The van der Waals surface area contributed by atoms with E-state index >= 15 is 0 Å². The van der Waals surface area contributed by atoms with E-state index in [1.807, 2.05) is 0 Å². The van der Waals surface area contributed by atoms with Gasteiger partial charge in [0.15, 0.2) is 0 Å². The van der Waals surface area contributed by atoms with Crippen LogP contribution in [-0.2, 0) is 10.0 Å². The summed E-state index contributed by atoms with van der Waals surface area (Å²) in [5.41, 5.74) is 6.22. The van der Waals surface area contributed by atoms with Crippen molar-refractivity contribution in [2.45, 2.75) is 4.90 Å². The molecule has 0 radical (unpaired) electrons. The monoisotopic (exact) mass is 445 g/mol. The van der Waals surface area contributed by atoms with Gasteiger partial charge in [-0.05, 0) is 42.5 Å². The summed E-state index contributed by atoms with van der Waals surface area (Å²) in [6, 6.07) is 10.1. The molecule has 0 aliphatic heterocycles. The quantitative estimate of drug-likeness (QED) is 0.637. The summed E-state index contributed by atoms with van der Waals surface area (Å²) in [7, 11) is -4.33. The first-order valence-electron chi connectivity index (χ1n) is 6.73. The number of rotatable bonds is 4. The topological polar surface area (TPSA) is 103 Å². The third-order valence-corrected chi connectivity index (χ3v) is 5.46. The molecule has 0 unspecified atom stereocenters. The molecule has 3 aromatic rings. The van der Waals surface area contributed by atoms with E-state index in [0.29, 0.717) is 19.3 Å². The highest BCUT2D eigenvalue weighted by molar-refractivity contribution is 9.10. The van der Waals surface area contributed by atoms with E-state index in [2.05, 4.69) is 31.3 Å². The lowest BCUT2D eigenvalue weighted by Gasteiger charge is -2.06. The van der Waals surface area contributed by atoms with Crippen LogP contribution in [0, 0.1) is 5.82 Å². The maximum atomic E-state index is 14.0. The van der Waals surface area contributed by atoms with Gasteiger partial charge in [0.25, 0.3) is 10.0 Å². The Morgan fingerprint density at radius 1 is 1.20 bits per heavy atom. The molecule has 3 N–H and O–H groups in total. The zero-order valence-electron chi connectivity index (χ0n) is 12.3. The predicted molar refractivity (Wildman–Crippen MR) is 95.9 cm³/mol. The maximum absolute atomic E-state index is 14.0. The molecule has 0 saturated heterocycles. The van der Waals surface area contributed by atoms with E-state index < -0.39 is 26.7 Å². The summed E-state index contributed by atoms with van der Waals surface area (Å²) in [5.74, 6) is -1.39. The standard InChI is InChI=1S/C14H10BrClFN5O2S/c15-8-1-6-12(11(17)7-8)25(23,24)22-13(18)20-14(21-22)19-10-4-2-9(16)3-5-10/h1-7H,(H3,18,19,20,21). The molecule has 0 aliphatic carbocycles. The van der Waals surface area contributed by atoms with Crippen LogP contribution in [0.15, 0.2) is 51.8 Å². The van der Waals surface area contributed by atoms with Gasteiger partial charge < -0.3 is 11.1 Å². The van der Waals surface area contributed by atoms with Gasteiger partial charge in [0, 0.05) is 15.2 Å². The molecule has 0 bridgehead atoms. The van der Waals surface area contributed by atoms with E-state index in [1.165, 1.54) is 6.07 Å². The van der Waals surface area contributed by atoms with Gasteiger partial charge in [0.2, 0.25) is 11.9 Å². The molecule has 0 amide bonds. The number of nitrogens with two attached hydrogens (primary N) is 1. The van der Waals surface area contributed by atoms with Crippen molar-refractivity contribution in [3.8, 4) is 0 Å². The average Bonchev–Trinajstić information content (AvgIpc) is 2.90. The Morgan fingerprint density at radius 3 is 2.52 bits per heavy atom. The Balaban J connectivity index is 1.97. The lowest BCUT2D eigenvalue weighted by molar-refractivity contribution is 0.556. The number of halogens is 3. The summed E-state index contributed by atoms with van der Waals surface area (Å²) in [6.45, 7) is 0. The Hall–Kier alpha value is -2.17. The molecule has 0 fully saturated rings.